The van der Waals surface area contributed by atoms with E-state index >= 15 is 0 Å². The maximum Gasteiger partial charge on any atom is 0.166 e. The quantitative estimate of drug-likeness (QED) is 0.533. The Balaban J connectivity index is 2.26. The molecular weight excluding hydrogens is 306 g/mol. The monoisotopic (exact) mass is 317 g/mol. The molecule has 20 heavy (non-hydrogen) atoms. The number of aromatic nitrogens is 1. The SMILES string of the molecule is Cc1sc(=S)n(-c2ccccc2)c1-c1ccc(Cl)cc1. The van der Waals surface area contributed by atoms with Crippen LogP contribution in [0.3, 0.4) is 0 Å². The Morgan fingerprint density at radius 1 is 1.00 bits per heavy atom. The second-order valence-electron chi connectivity index (χ2n) is 4.45. The molecule has 0 saturated carbocycles. The van der Waals surface area contributed by atoms with Crippen LogP contribution in [0, 0.1) is 10.9 Å². The predicted molar refractivity (Wildman–Crippen MR) is 89.7 cm³/mol. The number of thiazole rings is 1. The number of hydrogen-bond donors (Lipinski definition) is 0. The molecule has 0 spiro atoms. The Labute approximate surface area is 132 Å². The fraction of sp³-hybridized carbons (Fsp3) is 0.0625. The summed E-state index contributed by atoms with van der Waals surface area (Å²) < 4.78 is 2.98. The van der Waals surface area contributed by atoms with Gasteiger partial charge in [0.25, 0.3) is 0 Å². The van der Waals surface area contributed by atoms with Gasteiger partial charge in [-0.05, 0) is 49.0 Å². The minimum atomic E-state index is 0.742. The van der Waals surface area contributed by atoms with Crippen molar-refractivity contribution in [2.24, 2.45) is 0 Å². The van der Waals surface area contributed by atoms with Crippen molar-refractivity contribution >= 4 is 35.2 Å². The molecule has 0 unspecified atom stereocenters. The molecule has 1 aromatic heterocycles. The summed E-state index contributed by atoms with van der Waals surface area (Å²) in [7, 11) is 0. The lowest BCUT2D eigenvalue weighted by atomic mass is 10.1. The normalized spacial score (nSPS) is 10.7. The summed E-state index contributed by atoms with van der Waals surface area (Å²) >= 11 is 13.1. The van der Waals surface area contributed by atoms with Crippen molar-refractivity contribution in [2.75, 3.05) is 0 Å². The van der Waals surface area contributed by atoms with Gasteiger partial charge in [-0.15, -0.1) is 11.3 Å². The number of nitrogens with zero attached hydrogens (tertiary/aromatic N) is 1. The Kier molecular flexibility index (Phi) is 3.74. The highest BCUT2D eigenvalue weighted by Crippen LogP contribution is 2.32. The molecule has 0 aliphatic heterocycles. The number of benzene rings is 2. The van der Waals surface area contributed by atoms with E-state index in [1.807, 2.05) is 42.5 Å². The third-order valence-electron chi connectivity index (χ3n) is 3.11. The van der Waals surface area contributed by atoms with Gasteiger partial charge in [0.15, 0.2) is 3.95 Å². The van der Waals surface area contributed by atoms with E-state index < -0.39 is 0 Å². The Hall–Kier alpha value is -1.42. The van der Waals surface area contributed by atoms with Crippen molar-refractivity contribution in [3.05, 3.63) is 68.5 Å². The van der Waals surface area contributed by atoms with Gasteiger partial charge in [0.05, 0.1) is 5.69 Å². The molecule has 4 heteroatoms. The van der Waals surface area contributed by atoms with E-state index in [1.54, 1.807) is 11.3 Å². The largest absolute Gasteiger partial charge is 0.291 e. The van der Waals surface area contributed by atoms with Crippen molar-refractivity contribution in [2.45, 2.75) is 6.92 Å². The Bertz CT molecular complexity index is 786. The van der Waals surface area contributed by atoms with Gasteiger partial charge in [0, 0.05) is 15.6 Å². The van der Waals surface area contributed by atoms with Gasteiger partial charge in [0.1, 0.15) is 0 Å². The van der Waals surface area contributed by atoms with E-state index in [2.05, 4.69) is 23.6 Å². The highest BCUT2D eigenvalue weighted by atomic mass is 35.5. The molecule has 3 rings (SSSR count). The van der Waals surface area contributed by atoms with Crippen LogP contribution in [0.4, 0.5) is 0 Å². The van der Waals surface area contributed by atoms with Crippen molar-refractivity contribution in [3.63, 3.8) is 0 Å². The first-order valence-electron chi connectivity index (χ1n) is 6.20. The molecule has 1 nitrogen and oxygen atoms in total. The topological polar surface area (TPSA) is 4.93 Å². The first kappa shape index (κ1) is 13.6. The average molecular weight is 318 g/mol. The average Bonchev–Trinajstić information content (AvgIpc) is 2.75. The zero-order valence-corrected chi connectivity index (χ0v) is 13.2. The van der Waals surface area contributed by atoms with Crippen LogP contribution >= 0.6 is 35.2 Å². The van der Waals surface area contributed by atoms with Crippen molar-refractivity contribution in [3.8, 4) is 16.9 Å². The molecule has 0 amide bonds. The number of hydrogen-bond acceptors (Lipinski definition) is 2. The number of halogens is 1. The Morgan fingerprint density at radius 2 is 1.65 bits per heavy atom. The number of para-hydroxylation sites is 1. The van der Waals surface area contributed by atoms with E-state index in [4.69, 9.17) is 23.8 Å². The van der Waals surface area contributed by atoms with Crippen LogP contribution in [-0.2, 0) is 0 Å². The van der Waals surface area contributed by atoms with E-state index in [0.29, 0.717) is 0 Å². The minimum Gasteiger partial charge on any atom is -0.291 e. The summed E-state index contributed by atoms with van der Waals surface area (Å²) in [6, 6.07) is 18.1. The highest BCUT2D eigenvalue weighted by Gasteiger charge is 2.13. The summed E-state index contributed by atoms with van der Waals surface area (Å²) in [6.45, 7) is 2.10. The third kappa shape index (κ3) is 2.44. The fourth-order valence-corrected chi connectivity index (χ4v) is 3.78. The van der Waals surface area contributed by atoms with Crippen LogP contribution in [0.5, 0.6) is 0 Å². The molecule has 0 saturated heterocycles. The summed E-state index contributed by atoms with van der Waals surface area (Å²) in [6.07, 6.45) is 0. The summed E-state index contributed by atoms with van der Waals surface area (Å²) in [5.41, 5.74) is 3.36. The van der Waals surface area contributed by atoms with E-state index in [1.165, 1.54) is 4.88 Å². The smallest absolute Gasteiger partial charge is 0.166 e. The first-order valence-corrected chi connectivity index (χ1v) is 7.81. The van der Waals surface area contributed by atoms with E-state index in [-0.39, 0.29) is 0 Å². The van der Waals surface area contributed by atoms with Gasteiger partial charge in [0.2, 0.25) is 0 Å². The Morgan fingerprint density at radius 3 is 2.30 bits per heavy atom. The minimum absolute atomic E-state index is 0.742. The summed E-state index contributed by atoms with van der Waals surface area (Å²) in [5, 5.41) is 0.742. The van der Waals surface area contributed by atoms with Crippen LogP contribution in [-0.4, -0.2) is 4.57 Å². The van der Waals surface area contributed by atoms with Gasteiger partial charge in [-0.2, -0.15) is 0 Å². The zero-order chi connectivity index (χ0) is 14.1. The van der Waals surface area contributed by atoms with Crippen LogP contribution in [0.25, 0.3) is 16.9 Å². The lowest BCUT2D eigenvalue weighted by Crippen LogP contribution is -1.97. The molecule has 0 aliphatic rings. The van der Waals surface area contributed by atoms with E-state index in [9.17, 15) is 0 Å². The molecule has 0 radical (unpaired) electrons. The molecule has 0 N–H and O–H groups in total. The number of rotatable bonds is 2. The first-order chi connectivity index (χ1) is 9.66. The van der Waals surface area contributed by atoms with Crippen LogP contribution in [0.2, 0.25) is 5.02 Å². The molecule has 100 valence electrons. The molecule has 3 aromatic rings. The number of aryl methyl sites for hydroxylation is 1. The van der Waals surface area contributed by atoms with Crippen molar-refractivity contribution < 1.29 is 0 Å². The van der Waals surface area contributed by atoms with Gasteiger partial charge in [-0.3, -0.25) is 4.57 Å². The van der Waals surface area contributed by atoms with Crippen LogP contribution in [0.1, 0.15) is 4.88 Å². The predicted octanol–water partition coefficient (Wildman–Crippen LogP) is 5.90. The van der Waals surface area contributed by atoms with Crippen molar-refractivity contribution in [1.29, 1.82) is 0 Å². The lowest BCUT2D eigenvalue weighted by molar-refractivity contribution is 1.07. The molecular formula is C16H12ClNS2. The zero-order valence-electron chi connectivity index (χ0n) is 10.8. The molecule has 0 aliphatic carbocycles. The second kappa shape index (κ2) is 5.52. The highest BCUT2D eigenvalue weighted by molar-refractivity contribution is 7.73. The molecule has 0 atom stereocenters. The molecule has 0 bridgehead atoms. The maximum absolute atomic E-state index is 5.98. The maximum atomic E-state index is 5.98. The van der Waals surface area contributed by atoms with Crippen molar-refractivity contribution in [1.82, 2.24) is 4.57 Å². The second-order valence-corrected chi connectivity index (χ2v) is 6.74. The third-order valence-corrected chi connectivity index (χ3v) is 4.65. The molecule has 0 fully saturated rings. The van der Waals surface area contributed by atoms with Gasteiger partial charge >= 0.3 is 0 Å². The fourth-order valence-electron chi connectivity index (χ4n) is 2.23. The van der Waals surface area contributed by atoms with Crippen LogP contribution in [0.15, 0.2) is 54.6 Å². The summed E-state index contributed by atoms with van der Waals surface area (Å²) in [5.74, 6) is 0. The standard InChI is InChI=1S/C16H12ClNS2/c1-11-15(12-7-9-13(17)10-8-12)18(16(19)20-11)14-5-3-2-4-6-14/h2-10H,1H3. The van der Waals surface area contributed by atoms with E-state index in [0.717, 1.165) is 25.9 Å². The van der Waals surface area contributed by atoms with Gasteiger partial charge < -0.3 is 0 Å². The van der Waals surface area contributed by atoms with Gasteiger partial charge in [-0.1, -0.05) is 41.9 Å². The molecule has 1 heterocycles. The lowest BCUT2D eigenvalue weighted by Gasteiger charge is -2.10. The van der Waals surface area contributed by atoms with Crippen LogP contribution < -0.4 is 0 Å². The summed E-state index contributed by atoms with van der Waals surface area (Å²) in [4.78, 5) is 1.21. The van der Waals surface area contributed by atoms with Gasteiger partial charge in [-0.25, -0.2) is 0 Å². The molecule has 2 aromatic carbocycles.